The van der Waals surface area contributed by atoms with Crippen molar-refractivity contribution in [1.29, 1.82) is 5.39 Å². The number of hydrogen-bond acceptors (Lipinski definition) is 2. The van der Waals surface area contributed by atoms with Crippen molar-refractivity contribution in [2.45, 2.75) is 19.3 Å². The Balaban J connectivity index is 2.45. The summed E-state index contributed by atoms with van der Waals surface area (Å²) in [5, 5.41) is 16.9. The van der Waals surface area contributed by atoms with Crippen LogP contribution in [0.1, 0.15) is 18.4 Å². The highest BCUT2D eigenvalue weighted by atomic mass is 16.4. The summed E-state index contributed by atoms with van der Waals surface area (Å²) in [6.07, 6.45) is 1.55. The number of carboxylic acids is 1. The number of carbonyl (C=O) groups is 1. The molecular weight excluding hydrogens is 180 g/mol. The van der Waals surface area contributed by atoms with E-state index in [1.807, 2.05) is 12.1 Å². The zero-order valence-electron chi connectivity index (χ0n) is 7.68. The topological polar surface area (TPSA) is 65.5 Å². The molecule has 72 valence electrons. The van der Waals surface area contributed by atoms with Gasteiger partial charge in [0.1, 0.15) is 0 Å². The van der Waals surface area contributed by atoms with E-state index in [1.165, 1.54) is 0 Å². The number of diazo groups is 1. The standard InChI is InChI=1S/C10H10N2O2/c11-12-9-6-4-8(5-7-9)2-1-3-10(13)14/h4-7H,1-3H2/p+1. The van der Waals surface area contributed by atoms with Gasteiger partial charge in [-0.2, -0.15) is 0 Å². The second kappa shape index (κ2) is 4.97. The first kappa shape index (κ1) is 10.2. The van der Waals surface area contributed by atoms with Crippen molar-refractivity contribution < 1.29 is 9.90 Å². The van der Waals surface area contributed by atoms with Crippen LogP contribution in [0.4, 0.5) is 5.69 Å². The molecule has 0 aliphatic carbocycles. The van der Waals surface area contributed by atoms with Gasteiger partial charge in [0, 0.05) is 18.6 Å². The minimum Gasteiger partial charge on any atom is -0.481 e. The van der Waals surface area contributed by atoms with Gasteiger partial charge in [0.05, 0.1) is 0 Å². The zero-order valence-corrected chi connectivity index (χ0v) is 7.68. The average molecular weight is 191 g/mol. The number of benzene rings is 1. The Labute approximate surface area is 81.8 Å². The summed E-state index contributed by atoms with van der Waals surface area (Å²) in [6, 6.07) is 7.04. The third-order valence-electron chi connectivity index (χ3n) is 1.91. The van der Waals surface area contributed by atoms with Crippen molar-refractivity contribution in [2.75, 3.05) is 0 Å². The molecule has 0 fully saturated rings. The third kappa shape index (κ3) is 3.23. The normalized spacial score (nSPS) is 9.36. The fourth-order valence-electron chi connectivity index (χ4n) is 1.17. The molecule has 1 N–H and O–H groups in total. The predicted molar refractivity (Wildman–Crippen MR) is 51.8 cm³/mol. The van der Waals surface area contributed by atoms with E-state index in [0.717, 1.165) is 12.0 Å². The molecule has 0 radical (unpaired) electrons. The van der Waals surface area contributed by atoms with Crippen molar-refractivity contribution in [3.63, 3.8) is 0 Å². The summed E-state index contributed by atoms with van der Waals surface area (Å²) < 4.78 is 0. The molecule has 1 aromatic rings. The highest BCUT2D eigenvalue weighted by Gasteiger charge is 2.03. The summed E-state index contributed by atoms with van der Waals surface area (Å²) >= 11 is 0. The van der Waals surface area contributed by atoms with Crippen molar-refractivity contribution in [3.8, 4) is 0 Å². The molecule has 0 saturated heterocycles. The number of aliphatic carboxylic acids is 1. The lowest BCUT2D eigenvalue weighted by Gasteiger charge is -1.96. The lowest BCUT2D eigenvalue weighted by molar-refractivity contribution is -0.137. The molecule has 0 bridgehead atoms. The number of hydrogen-bond donors (Lipinski definition) is 1. The van der Waals surface area contributed by atoms with Crippen LogP contribution in [0.2, 0.25) is 0 Å². The molecule has 0 aromatic heterocycles. The Morgan fingerprint density at radius 1 is 1.36 bits per heavy atom. The van der Waals surface area contributed by atoms with E-state index in [2.05, 4.69) is 4.98 Å². The molecule has 0 heterocycles. The molecule has 4 heteroatoms. The van der Waals surface area contributed by atoms with Crippen LogP contribution in [0.15, 0.2) is 24.3 Å². The van der Waals surface area contributed by atoms with Crippen molar-refractivity contribution >= 4 is 11.7 Å². The van der Waals surface area contributed by atoms with Crippen LogP contribution in [0.5, 0.6) is 0 Å². The molecule has 4 nitrogen and oxygen atoms in total. The maximum atomic E-state index is 10.2. The van der Waals surface area contributed by atoms with Gasteiger partial charge in [0.15, 0.2) is 4.98 Å². The second-order valence-electron chi connectivity index (χ2n) is 3.01. The lowest BCUT2D eigenvalue weighted by Crippen LogP contribution is -1.95. The zero-order chi connectivity index (χ0) is 10.4. The molecule has 0 atom stereocenters. The van der Waals surface area contributed by atoms with Gasteiger partial charge < -0.3 is 5.11 Å². The van der Waals surface area contributed by atoms with Crippen molar-refractivity contribution in [2.24, 2.45) is 0 Å². The quantitative estimate of drug-likeness (QED) is 0.744. The average Bonchev–Trinajstić information content (AvgIpc) is 2.18. The smallest absolute Gasteiger partial charge is 0.385 e. The molecule has 1 aromatic carbocycles. The van der Waals surface area contributed by atoms with Gasteiger partial charge in [-0.15, -0.1) is 0 Å². The summed E-state index contributed by atoms with van der Waals surface area (Å²) in [7, 11) is 0. The fourth-order valence-corrected chi connectivity index (χ4v) is 1.17. The Hall–Kier alpha value is -1.89. The first-order chi connectivity index (χ1) is 6.72. The van der Waals surface area contributed by atoms with Gasteiger partial charge in [-0.3, -0.25) is 4.79 Å². The summed E-state index contributed by atoms with van der Waals surface area (Å²) in [4.78, 5) is 13.3. The van der Waals surface area contributed by atoms with Gasteiger partial charge in [-0.25, -0.2) is 0 Å². The Morgan fingerprint density at radius 3 is 2.50 bits per heavy atom. The Morgan fingerprint density at radius 2 is 2.00 bits per heavy atom. The molecule has 1 rings (SSSR count). The summed E-state index contributed by atoms with van der Waals surface area (Å²) in [5.74, 6) is -0.771. The van der Waals surface area contributed by atoms with Crippen molar-refractivity contribution in [1.82, 2.24) is 0 Å². The van der Waals surface area contributed by atoms with E-state index in [1.54, 1.807) is 12.1 Å². The Bertz CT molecular complexity index is 351. The molecule has 0 amide bonds. The van der Waals surface area contributed by atoms with Gasteiger partial charge >= 0.3 is 11.7 Å². The predicted octanol–water partition coefficient (Wildman–Crippen LogP) is 2.58. The fraction of sp³-hybridized carbons (Fsp3) is 0.300. The van der Waals surface area contributed by atoms with E-state index in [0.29, 0.717) is 12.1 Å². The van der Waals surface area contributed by atoms with E-state index >= 15 is 0 Å². The minimum absolute atomic E-state index is 0.187. The molecule has 0 spiro atoms. The van der Waals surface area contributed by atoms with E-state index < -0.39 is 5.97 Å². The highest BCUT2D eigenvalue weighted by Crippen LogP contribution is 2.13. The van der Waals surface area contributed by atoms with Crippen LogP contribution in [0, 0.1) is 5.39 Å². The van der Waals surface area contributed by atoms with Crippen molar-refractivity contribution in [3.05, 3.63) is 34.8 Å². The summed E-state index contributed by atoms with van der Waals surface area (Å²) in [6.45, 7) is 0. The van der Waals surface area contributed by atoms with E-state index in [9.17, 15) is 4.79 Å². The van der Waals surface area contributed by atoms with Crippen LogP contribution in [-0.2, 0) is 11.2 Å². The molecular formula is C10H11N2O2+. The highest BCUT2D eigenvalue weighted by molar-refractivity contribution is 5.66. The number of rotatable bonds is 4. The van der Waals surface area contributed by atoms with Gasteiger partial charge in [0.25, 0.3) is 0 Å². The molecule has 0 aliphatic heterocycles. The van der Waals surface area contributed by atoms with E-state index in [-0.39, 0.29) is 6.42 Å². The molecule has 14 heavy (non-hydrogen) atoms. The van der Waals surface area contributed by atoms with Gasteiger partial charge in [0.2, 0.25) is 5.39 Å². The molecule has 0 saturated carbocycles. The lowest BCUT2D eigenvalue weighted by atomic mass is 10.1. The largest absolute Gasteiger partial charge is 0.481 e. The number of carboxylic acid groups (broad SMARTS) is 1. The first-order valence-electron chi connectivity index (χ1n) is 4.38. The Kier molecular flexibility index (Phi) is 3.62. The van der Waals surface area contributed by atoms with Crippen LogP contribution >= 0.6 is 0 Å². The molecule has 0 aliphatic rings. The van der Waals surface area contributed by atoms with Gasteiger partial charge in [-0.05, 0) is 18.4 Å². The van der Waals surface area contributed by atoms with Crippen LogP contribution < -0.4 is 0 Å². The second-order valence-corrected chi connectivity index (χ2v) is 3.01. The SMILES string of the molecule is N#[N+]c1ccc(CCCC(=O)O)cc1. The first-order valence-corrected chi connectivity index (χ1v) is 4.38. The maximum absolute atomic E-state index is 10.2. The van der Waals surface area contributed by atoms with Crippen LogP contribution in [0.25, 0.3) is 4.98 Å². The van der Waals surface area contributed by atoms with E-state index in [4.69, 9.17) is 10.5 Å². The summed E-state index contributed by atoms with van der Waals surface area (Å²) in [5.41, 5.74) is 1.56. The molecule has 0 unspecified atom stereocenters. The third-order valence-corrected chi connectivity index (χ3v) is 1.91. The van der Waals surface area contributed by atoms with Gasteiger partial charge in [-0.1, -0.05) is 12.1 Å². The van der Waals surface area contributed by atoms with Crippen LogP contribution in [-0.4, -0.2) is 11.1 Å². The number of nitrogens with zero attached hydrogens (tertiary/aromatic N) is 2. The number of aryl methyl sites for hydroxylation is 1. The van der Waals surface area contributed by atoms with Crippen LogP contribution in [0.3, 0.4) is 0 Å². The maximum Gasteiger partial charge on any atom is 0.385 e. The monoisotopic (exact) mass is 191 g/mol. The minimum atomic E-state index is -0.771.